The summed E-state index contributed by atoms with van der Waals surface area (Å²) in [6.07, 6.45) is 0. The maximum Gasteiger partial charge on any atom is 0.136 e. The number of furan rings is 1. The van der Waals surface area contributed by atoms with Gasteiger partial charge in [-0.1, -0.05) is 127 Å². The molecule has 0 saturated carbocycles. The first kappa shape index (κ1) is 29.5. The lowest BCUT2D eigenvalue weighted by Gasteiger charge is -2.26. The molecule has 3 heteroatoms. The summed E-state index contributed by atoms with van der Waals surface area (Å²) in [7, 11) is 0. The molecule has 2 heterocycles. The number of hydrogen-bond donors (Lipinski definition) is 0. The molecule has 51 heavy (non-hydrogen) atoms. The summed E-state index contributed by atoms with van der Waals surface area (Å²) < 4.78 is 9.05. The molecule has 0 spiro atoms. The second-order valence-corrected chi connectivity index (χ2v) is 14.0. The zero-order chi connectivity index (χ0) is 33.7. The Kier molecular flexibility index (Phi) is 7.04. The highest BCUT2D eigenvalue weighted by atomic mass is 32.1. The summed E-state index contributed by atoms with van der Waals surface area (Å²) in [5, 5.41) is 4.94. The van der Waals surface area contributed by atoms with E-state index in [4.69, 9.17) is 4.42 Å². The molecule has 0 saturated heterocycles. The van der Waals surface area contributed by atoms with Gasteiger partial charge < -0.3 is 9.32 Å². The van der Waals surface area contributed by atoms with Crippen molar-refractivity contribution in [3.63, 3.8) is 0 Å². The van der Waals surface area contributed by atoms with Crippen molar-refractivity contribution in [3.05, 3.63) is 188 Å². The Balaban J connectivity index is 1.08. The number of anilines is 3. The Hall–Kier alpha value is -6.42. The standard InChI is InChI=1S/C48H31NOS/c1-3-10-32(11-4-1)34-18-24-37(25-19-34)49(38-26-20-35(21-27-38)33-12-5-2-6-13-33)39-28-22-36(23-29-39)40-15-9-16-43-46(40)47-44(50-43)31-30-42-41-14-7-8-17-45(41)51-48(42)47/h1-31H. The highest BCUT2D eigenvalue weighted by Crippen LogP contribution is 2.45. The maximum atomic E-state index is 6.48. The molecule has 10 rings (SSSR count). The molecule has 0 radical (unpaired) electrons. The SMILES string of the molecule is c1ccc(-c2ccc(N(c3ccc(-c4ccccc4)cc3)c3ccc(-c4cccc5oc6ccc7c8ccccc8sc7c6c45)cc3)cc2)cc1. The van der Waals surface area contributed by atoms with Crippen LogP contribution in [0.15, 0.2) is 192 Å². The average Bonchev–Trinajstić information content (AvgIpc) is 3.78. The molecular formula is C48H31NOS. The van der Waals surface area contributed by atoms with Gasteiger partial charge in [0.15, 0.2) is 0 Å². The Morgan fingerprint density at radius 3 is 1.47 bits per heavy atom. The van der Waals surface area contributed by atoms with Gasteiger partial charge in [0.2, 0.25) is 0 Å². The van der Waals surface area contributed by atoms with Gasteiger partial charge in [-0.2, -0.15) is 0 Å². The number of rotatable bonds is 6. The molecule has 240 valence electrons. The molecule has 0 bridgehead atoms. The van der Waals surface area contributed by atoms with Crippen molar-refractivity contribution in [2.75, 3.05) is 4.90 Å². The van der Waals surface area contributed by atoms with Crippen LogP contribution in [0.3, 0.4) is 0 Å². The fraction of sp³-hybridized carbons (Fsp3) is 0. The van der Waals surface area contributed by atoms with Crippen LogP contribution >= 0.6 is 11.3 Å². The van der Waals surface area contributed by atoms with Crippen molar-refractivity contribution in [2.24, 2.45) is 0 Å². The maximum absolute atomic E-state index is 6.48. The molecule has 0 aliphatic carbocycles. The quantitative estimate of drug-likeness (QED) is 0.175. The minimum absolute atomic E-state index is 0.912. The van der Waals surface area contributed by atoms with Crippen molar-refractivity contribution >= 4 is 70.5 Å². The zero-order valence-electron chi connectivity index (χ0n) is 27.7. The summed E-state index contributed by atoms with van der Waals surface area (Å²) in [4.78, 5) is 2.34. The molecule has 8 aromatic carbocycles. The van der Waals surface area contributed by atoms with Crippen LogP contribution in [0.1, 0.15) is 0 Å². The van der Waals surface area contributed by atoms with Crippen LogP contribution in [0, 0.1) is 0 Å². The van der Waals surface area contributed by atoms with E-state index in [1.807, 2.05) is 11.3 Å². The minimum Gasteiger partial charge on any atom is -0.456 e. The summed E-state index contributed by atoms with van der Waals surface area (Å²) in [6.45, 7) is 0. The highest BCUT2D eigenvalue weighted by molar-refractivity contribution is 7.26. The lowest BCUT2D eigenvalue weighted by Crippen LogP contribution is -2.09. The second-order valence-electron chi connectivity index (χ2n) is 12.9. The summed E-state index contributed by atoms with van der Waals surface area (Å²) in [6, 6.07) is 67.2. The first-order valence-corrected chi connectivity index (χ1v) is 18.1. The van der Waals surface area contributed by atoms with E-state index >= 15 is 0 Å². The van der Waals surface area contributed by atoms with E-state index in [1.165, 1.54) is 58.8 Å². The van der Waals surface area contributed by atoms with Crippen molar-refractivity contribution in [1.29, 1.82) is 0 Å². The van der Waals surface area contributed by atoms with Crippen LogP contribution in [-0.2, 0) is 0 Å². The second kappa shape index (κ2) is 12.2. The van der Waals surface area contributed by atoms with E-state index in [1.54, 1.807) is 0 Å². The third-order valence-electron chi connectivity index (χ3n) is 9.91. The summed E-state index contributed by atoms with van der Waals surface area (Å²) in [5.41, 5.74) is 12.3. The number of fused-ring (bicyclic) bond motifs is 7. The van der Waals surface area contributed by atoms with Gasteiger partial charge in [0, 0.05) is 48.0 Å². The lowest BCUT2D eigenvalue weighted by atomic mass is 9.98. The largest absolute Gasteiger partial charge is 0.456 e. The van der Waals surface area contributed by atoms with E-state index in [0.717, 1.165) is 33.8 Å². The number of thiophene rings is 1. The van der Waals surface area contributed by atoms with E-state index in [-0.39, 0.29) is 0 Å². The minimum atomic E-state index is 0.912. The first-order valence-electron chi connectivity index (χ1n) is 17.3. The molecule has 0 atom stereocenters. The van der Waals surface area contributed by atoms with E-state index < -0.39 is 0 Å². The molecule has 0 aliphatic rings. The molecule has 2 aromatic heterocycles. The molecular weight excluding hydrogens is 639 g/mol. The first-order chi connectivity index (χ1) is 25.3. The molecule has 0 N–H and O–H groups in total. The van der Waals surface area contributed by atoms with Crippen molar-refractivity contribution in [2.45, 2.75) is 0 Å². The number of nitrogens with zero attached hydrogens (tertiary/aromatic N) is 1. The molecule has 2 nitrogen and oxygen atoms in total. The van der Waals surface area contributed by atoms with Gasteiger partial charge >= 0.3 is 0 Å². The van der Waals surface area contributed by atoms with E-state index in [9.17, 15) is 0 Å². The Morgan fingerprint density at radius 2 is 0.863 bits per heavy atom. The van der Waals surface area contributed by atoms with Crippen LogP contribution in [0.4, 0.5) is 17.1 Å². The monoisotopic (exact) mass is 669 g/mol. The Labute approximate surface area is 300 Å². The van der Waals surface area contributed by atoms with Crippen LogP contribution < -0.4 is 4.90 Å². The summed E-state index contributed by atoms with van der Waals surface area (Å²) in [5.74, 6) is 0. The molecule has 10 aromatic rings. The third-order valence-corrected chi connectivity index (χ3v) is 11.1. The van der Waals surface area contributed by atoms with Gasteiger partial charge in [-0.05, 0) is 94.0 Å². The smallest absolute Gasteiger partial charge is 0.136 e. The van der Waals surface area contributed by atoms with Gasteiger partial charge in [0.05, 0.1) is 0 Å². The van der Waals surface area contributed by atoms with Crippen LogP contribution in [0.25, 0.3) is 75.5 Å². The molecule has 0 unspecified atom stereocenters. The normalized spacial score (nSPS) is 11.5. The van der Waals surface area contributed by atoms with Gasteiger partial charge in [-0.3, -0.25) is 0 Å². The zero-order valence-corrected chi connectivity index (χ0v) is 28.5. The lowest BCUT2D eigenvalue weighted by molar-refractivity contribution is 0.669. The topological polar surface area (TPSA) is 16.4 Å². The van der Waals surface area contributed by atoms with Crippen molar-refractivity contribution in [3.8, 4) is 33.4 Å². The Bertz CT molecular complexity index is 2730. The predicted molar refractivity (Wildman–Crippen MR) is 218 cm³/mol. The molecule has 0 amide bonds. The van der Waals surface area contributed by atoms with E-state index in [0.29, 0.717) is 0 Å². The van der Waals surface area contributed by atoms with Crippen LogP contribution in [0.5, 0.6) is 0 Å². The van der Waals surface area contributed by atoms with Crippen LogP contribution in [-0.4, -0.2) is 0 Å². The summed E-state index contributed by atoms with van der Waals surface area (Å²) >= 11 is 1.85. The molecule has 0 fully saturated rings. The number of hydrogen-bond acceptors (Lipinski definition) is 3. The van der Waals surface area contributed by atoms with Crippen LogP contribution in [0.2, 0.25) is 0 Å². The highest BCUT2D eigenvalue weighted by Gasteiger charge is 2.19. The van der Waals surface area contributed by atoms with E-state index in [2.05, 4.69) is 193 Å². The van der Waals surface area contributed by atoms with Gasteiger partial charge in [0.25, 0.3) is 0 Å². The number of benzene rings is 8. The van der Waals surface area contributed by atoms with Gasteiger partial charge in [-0.15, -0.1) is 11.3 Å². The fourth-order valence-corrected chi connectivity index (χ4v) is 8.68. The Morgan fingerprint density at radius 1 is 0.353 bits per heavy atom. The third kappa shape index (κ3) is 5.10. The van der Waals surface area contributed by atoms with Gasteiger partial charge in [-0.25, -0.2) is 0 Å². The average molecular weight is 670 g/mol. The van der Waals surface area contributed by atoms with Crippen molar-refractivity contribution < 1.29 is 4.42 Å². The predicted octanol–water partition coefficient (Wildman–Crippen LogP) is 14.4. The fourth-order valence-electron chi connectivity index (χ4n) is 7.43. The van der Waals surface area contributed by atoms with Gasteiger partial charge in [0.1, 0.15) is 11.2 Å². The van der Waals surface area contributed by atoms with Crippen molar-refractivity contribution in [1.82, 2.24) is 0 Å². The molecule has 0 aliphatic heterocycles.